The van der Waals surface area contributed by atoms with Crippen LogP contribution in [0.4, 0.5) is 0 Å². The minimum atomic E-state index is 0.564. The summed E-state index contributed by atoms with van der Waals surface area (Å²) in [5, 5.41) is 5.31. The Morgan fingerprint density at radius 3 is 3.00 bits per heavy atom. The molecule has 0 amide bonds. The van der Waals surface area contributed by atoms with Crippen molar-refractivity contribution in [2.75, 3.05) is 7.11 Å². The maximum atomic E-state index is 5.09. The molecule has 0 aromatic carbocycles. The zero-order valence-corrected chi connectivity index (χ0v) is 9.01. The van der Waals surface area contributed by atoms with Crippen LogP contribution in [0.3, 0.4) is 0 Å². The molecule has 0 N–H and O–H groups in total. The van der Waals surface area contributed by atoms with Crippen molar-refractivity contribution in [1.29, 1.82) is 0 Å². The minimum Gasteiger partial charge on any atom is -0.480 e. The first kappa shape index (κ1) is 9.08. The fourth-order valence-electron chi connectivity index (χ4n) is 1.76. The molecule has 3 aromatic heterocycles. The molecule has 5 heteroatoms. The van der Waals surface area contributed by atoms with Crippen LogP contribution in [0.25, 0.3) is 16.6 Å². The Morgan fingerprint density at radius 2 is 2.19 bits per heavy atom. The van der Waals surface area contributed by atoms with E-state index in [-0.39, 0.29) is 0 Å². The van der Waals surface area contributed by atoms with Crippen LogP contribution in [0.5, 0.6) is 5.88 Å². The first-order valence-corrected chi connectivity index (χ1v) is 4.93. The van der Waals surface area contributed by atoms with Gasteiger partial charge in [-0.1, -0.05) is 0 Å². The van der Waals surface area contributed by atoms with E-state index >= 15 is 0 Å². The molecule has 0 saturated carbocycles. The summed E-state index contributed by atoms with van der Waals surface area (Å²) in [5.41, 5.74) is 2.71. The predicted molar refractivity (Wildman–Crippen MR) is 59.6 cm³/mol. The molecule has 0 atom stereocenters. The highest BCUT2D eigenvalue weighted by Crippen LogP contribution is 2.19. The number of ether oxygens (including phenoxy) is 1. The third-order valence-corrected chi connectivity index (χ3v) is 2.60. The van der Waals surface area contributed by atoms with Crippen LogP contribution >= 0.6 is 0 Å². The zero-order chi connectivity index (χ0) is 11.1. The van der Waals surface area contributed by atoms with Gasteiger partial charge < -0.3 is 4.74 Å². The number of rotatable bonds is 1. The lowest BCUT2D eigenvalue weighted by atomic mass is 10.2. The second-order valence-electron chi connectivity index (χ2n) is 3.54. The van der Waals surface area contributed by atoms with Gasteiger partial charge in [-0.3, -0.25) is 4.98 Å². The number of aromatic nitrogens is 4. The number of aryl methyl sites for hydroxylation is 1. The third kappa shape index (κ3) is 1.14. The Balaban J connectivity index is 2.48. The highest BCUT2D eigenvalue weighted by Gasteiger charge is 2.07. The monoisotopic (exact) mass is 214 g/mol. The van der Waals surface area contributed by atoms with Crippen LogP contribution in [0.2, 0.25) is 0 Å². The summed E-state index contributed by atoms with van der Waals surface area (Å²) in [5.74, 6) is 0.564. The summed E-state index contributed by atoms with van der Waals surface area (Å²) in [4.78, 5) is 8.55. The number of pyridine rings is 1. The van der Waals surface area contributed by atoms with E-state index < -0.39 is 0 Å². The summed E-state index contributed by atoms with van der Waals surface area (Å²) in [7, 11) is 1.59. The molecule has 80 valence electrons. The Morgan fingerprint density at radius 1 is 1.31 bits per heavy atom. The van der Waals surface area contributed by atoms with Crippen molar-refractivity contribution in [3.8, 4) is 5.88 Å². The highest BCUT2D eigenvalue weighted by molar-refractivity contribution is 5.82. The first-order valence-electron chi connectivity index (χ1n) is 4.93. The van der Waals surface area contributed by atoms with Crippen molar-refractivity contribution in [3.63, 3.8) is 0 Å². The van der Waals surface area contributed by atoms with Gasteiger partial charge in [-0.05, 0) is 13.0 Å². The van der Waals surface area contributed by atoms with Crippen molar-refractivity contribution in [1.82, 2.24) is 19.6 Å². The van der Waals surface area contributed by atoms with Crippen molar-refractivity contribution in [2.24, 2.45) is 0 Å². The van der Waals surface area contributed by atoms with Gasteiger partial charge in [-0.25, -0.2) is 9.50 Å². The number of hydrogen-bond donors (Lipinski definition) is 0. The van der Waals surface area contributed by atoms with Gasteiger partial charge in [0.25, 0.3) is 0 Å². The summed E-state index contributed by atoms with van der Waals surface area (Å²) in [6.07, 6.45) is 3.58. The molecular formula is C11H10N4O. The van der Waals surface area contributed by atoms with Crippen molar-refractivity contribution >= 4 is 16.6 Å². The number of hydrogen-bond acceptors (Lipinski definition) is 4. The van der Waals surface area contributed by atoms with Gasteiger partial charge in [0.2, 0.25) is 5.88 Å². The van der Waals surface area contributed by atoms with Crippen LogP contribution in [0.15, 0.2) is 24.5 Å². The fourth-order valence-corrected chi connectivity index (χ4v) is 1.76. The zero-order valence-electron chi connectivity index (χ0n) is 9.01. The van der Waals surface area contributed by atoms with E-state index in [9.17, 15) is 0 Å². The summed E-state index contributed by atoms with van der Waals surface area (Å²) in [6.45, 7) is 1.95. The summed E-state index contributed by atoms with van der Waals surface area (Å²) < 4.78 is 6.86. The molecule has 16 heavy (non-hydrogen) atoms. The average Bonchev–Trinajstić information content (AvgIpc) is 2.72. The lowest BCUT2D eigenvalue weighted by molar-refractivity contribution is 0.395. The maximum absolute atomic E-state index is 5.09. The van der Waals surface area contributed by atoms with Gasteiger partial charge in [-0.2, -0.15) is 0 Å². The van der Waals surface area contributed by atoms with E-state index in [0.29, 0.717) is 5.88 Å². The largest absolute Gasteiger partial charge is 0.480 e. The fraction of sp³-hybridized carbons (Fsp3) is 0.182. The Bertz CT molecular complexity index is 674. The normalized spacial score (nSPS) is 11.1. The lowest BCUT2D eigenvalue weighted by Gasteiger charge is -2.01. The molecule has 5 nitrogen and oxygen atoms in total. The van der Waals surface area contributed by atoms with Crippen molar-refractivity contribution < 1.29 is 4.74 Å². The first-order chi connectivity index (χ1) is 7.79. The highest BCUT2D eigenvalue weighted by atomic mass is 16.5. The van der Waals surface area contributed by atoms with Crippen LogP contribution in [0.1, 0.15) is 5.69 Å². The van der Waals surface area contributed by atoms with E-state index in [4.69, 9.17) is 4.74 Å². The molecule has 0 aliphatic heterocycles. The Labute approximate surface area is 91.7 Å². The van der Waals surface area contributed by atoms with E-state index in [2.05, 4.69) is 15.1 Å². The SMILES string of the molecule is COc1cc2ncc3c(C)nccc3n2n1. The molecule has 3 heterocycles. The molecule has 0 spiro atoms. The average molecular weight is 214 g/mol. The van der Waals surface area contributed by atoms with Crippen molar-refractivity contribution in [3.05, 3.63) is 30.2 Å². The number of methoxy groups -OCH3 is 1. The van der Waals surface area contributed by atoms with Crippen LogP contribution < -0.4 is 4.74 Å². The maximum Gasteiger partial charge on any atom is 0.235 e. The van der Waals surface area contributed by atoms with Crippen LogP contribution in [0, 0.1) is 6.92 Å². The molecule has 0 unspecified atom stereocenters. The molecule has 3 rings (SSSR count). The topological polar surface area (TPSA) is 52.3 Å². The predicted octanol–water partition coefficient (Wildman–Crippen LogP) is 1.59. The summed E-state index contributed by atoms with van der Waals surface area (Å²) in [6, 6.07) is 3.72. The van der Waals surface area contributed by atoms with Gasteiger partial charge in [0.1, 0.15) is 0 Å². The van der Waals surface area contributed by atoms with Gasteiger partial charge in [0.05, 0.1) is 12.6 Å². The van der Waals surface area contributed by atoms with E-state index in [1.165, 1.54) is 0 Å². The van der Waals surface area contributed by atoms with Gasteiger partial charge >= 0.3 is 0 Å². The van der Waals surface area contributed by atoms with E-state index in [1.807, 2.05) is 19.2 Å². The number of fused-ring (bicyclic) bond motifs is 3. The molecule has 3 aromatic rings. The molecule has 0 bridgehead atoms. The lowest BCUT2D eigenvalue weighted by Crippen LogP contribution is -1.95. The van der Waals surface area contributed by atoms with Crippen molar-refractivity contribution in [2.45, 2.75) is 6.92 Å². The Hall–Kier alpha value is -2.17. The van der Waals surface area contributed by atoms with Gasteiger partial charge in [0.15, 0.2) is 5.65 Å². The molecule has 0 fully saturated rings. The van der Waals surface area contributed by atoms with Crippen LogP contribution in [-0.2, 0) is 0 Å². The summed E-state index contributed by atoms with van der Waals surface area (Å²) >= 11 is 0. The standard InChI is InChI=1S/C11H10N4O/c1-7-8-6-13-10-5-11(16-2)14-15(10)9(8)3-4-12-7/h3-6H,1-2H3. The molecule has 0 saturated heterocycles. The van der Waals surface area contributed by atoms with E-state index in [1.54, 1.807) is 23.9 Å². The quantitative estimate of drug-likeness (QED) is 0.617. The van der Waals surface area contributed by atoms with Gasteiger partial charge in [-0.15, -0.1) is 5.10 Å². The van der Waals surface area contributed by atoms with Gasteiger partial charge in [0, 0.05) is 29.5 Å². The second kappa shape index (κ2) is 3.16. The number of nitrogens with zero attached hydrogens (tertiary/aromatic N) is 4. The smallest absolute Gasteiger partial charge is 0.235 e. The molecule has 0 aliphatic rings. The van der Waals surface area contributed by atoms with E-state index in [0.717, 1.165) is 22.2 Å². The molecular weight excluding hydrogens is 204 g/mol. The van der Waals surface area contributed by atoms with Crippen LogP contribution in [-0.4, -0.2) is 26.7 Å². The Kier molecular flexibility index (Phi) is 1.80. The minimum absolute atomic E-state index is 0.564. The molecule has 0 radical (unpaired) electrons. The molecule has 0 aliphatic carbocycles. The second-order valence-corrected chi connectivity index (χ2v) is 3.54. The third-order valence-electron chi connectivity index (χ3n) is 2.60.